The molecule has 1 amide bonds. The highest BCUT2D eigenvalue weighted by Crippen LogP contribution is 2.31. The van der Waals surface area contributed by atoms with Crippen molar-refractivity contribution in [2.45, 2.75) is 0 Å². The van der Waals surface area contributed by atoms with Gasteiger partial charge in [0.05, 0.1) is 25.5 Å². The zero-order chi connectivity index (χ0) is 21.8. The van der Waals surface area contributed by atoms with E-state index in [0.29, 0.717) is 27.8 Å². The molecule has 0 aliphatic carbocycles. The molecule has 0 atom stereocenters. The third-order valence-electron chi connectivity index (χ3n) is 4.80. The van der Waals surface area contributed by atoms with Gasteiger partial charge in [0.15, 0.2) is 0 Å². The van der Waals surface area contributed by atoms with Crippen LogP contribution in [-0.2, 0) is 0 Å². The summed E-state index contributed by atoms with van der Waals surface area (Å²) in [6.07, 6.45) is 1.56. The average molecular weight is 434 g/mol. The van der Waals surface area contributed by atoms with Crippen LogP contribution in [0.5, 0.6) is 11.5 Å². The van der Waals surface area contributed by atoms with Crippen molar-refractivity contribution in [3.63, 3.8) is 0 Å². The van der Waals surface area contributed by atoms with Crippen molar-refractivity contribution in [3.05, 3.63) is 83.5 Å². The first-order valence-corrected chi connectivity index (χ1v) is 9.90. The number of methoxy groups -OCH3 is 2. The van der Waals surface area contributed by atoms with E-state index in [1.54, 1.807) is 31.5 Å². The Labute approximate surface area is 184 Å². The molecule has 4 aromatic rings. The number of pyridine rings is 1. The van der Waals surface area contributed by atoms with Crippen molar-refractivity contribution < 1.29 is 14.3 Å². The van der Waals surface area contributed by atoms with Gasteiger partial charge in [-0.25, -0.2) is 4.98 Å². The first kappa shape index (κ1) is 20.5. The van der Waals surface area contributed by atoms with Crippen LogP contribution in [0, 0.1) is 0 Å². The number of rotatable bonds is 6. The third-order valence-corrected chi connectivity index (χ3v) is 5.04. The van der Waals surface area contributed by atoms with E-state index in [9.17, 15) is 4.79 Å². The predicted molar refractivity (Wildman–Crippen MR) is 124 cm³/mol. The molecule has 0 spiro atoms. The summed E-state index contributed by atoms with van der Waals surface area (Å²) >= 11 is 6.08. The van der Waals surface area contributed by atoms with Gasteiger partial charge >= 0.3 is 0 Å². The van der Waals surface area contributed by atoms with Gasteiger partial charge in [-0.3, -0.25) is 4.79 Å². The van der Waals surface area contributed by atoms with Gasteiger partial charge in [0.25, 0.3) is 5.91 Å². The Balaban J connectivity index is 1.67. The van der Waals surface area contributed by atoms with Crippen molar-refractivity contribution in [2.75, 3.05) is 24.9 Å². The molecule has 0 saturated carbocycles. The van der Waals surface area contributed by atoms with Gasteiger partial charge in [-0.15, -0.1) is 0 Å². The van der Waals surface area contributed by atoms with E-state index in [1.165, 1.54) is 7.11 Å². The van der Waals surface area contributed by atoms with E-state index in [1.807, 2.05) is 48.5 Å². The highest BCUT2D eigenvalue weighted by Gasteiger charge is 2.16. The van der Waals surface area contributed by atoms with Crippen LogP contribution in [0.25, 0.3) is 10.8 Å². The number of hydrogen-bond donors (Lipinski definition) is 2. The Bertz CT molecular complexity index is 1240. The summed E-state index contributed by atoms with van der Waals surface area (Å²) in [5, 5.41) is 8.27. The SMILES string of the molecule is COc1ccc(Nc2ncc(C(=O)Nc3cc(Cl)ccc3OC)c3ccccc23)cc1. The minimum Gasteiger partial charge on any atom is -0.497 e. The van der Waals surface area contributed by atoms with Crippen molar-refractivity contribution in [1.29, 1.82) is 0 Å². The Morgan fingerprint density at radius 1 is 0.935 bits per heavy atom. The first-order chi connectivity index (χ1) is 15.1. The number of nitrogens with one attached hydrogen (secondary N) is 2. The molecule has 0 aliphatic rings. The normalized spacial score (nSPS) is 10.5. The minimum absolute atomic E-state index is 0.305. The number of benzene rings is 3. The highest BCUT2D eigenvalue weighted by molar-refractivity contribution is 6.31. The smallest absolute Gasteiger partial charge is 0.257 e. The fourth-order valence-corrected chi connectivity index (χ4v) is 3.42. The molecular formula is C24H20ClN3O3. The predicted octanol–water partition coefficient (Wildman–Crippen LogP) is 5.90. The number of carbonyl (C=O) groups is 1. The highest BCUT2D eigenvalue weighted by atomic mass is 35.5. The van der Waals surface area contributed by atoms with Crippen LogP contribution in [0.4, 0.5) is 17.2 Å². The lowest BCUT2D eigenvalue weighted by Crippen LogP contribution is -2.14. The molecule has 7 heteroatoms. The molecule has 0 fully saturated rings. The van der Waals surface area contributed by atoms with E-state index in [-0.39, 0.29) is 5.91 Å². The molecule has 2 N–H and O–H groups in total. The molecule has 31 heavy (non-hydrogen) atoms. The molecule has 1 heterocycles. The summed E-state index contributed by atoms with van der Waals surface area (Å²) in [5.74, 6) is 1.64. The molecule has 4 rings (SSSR count). The molecule has 6 nitrogen and oxygen atoms in total. The average Bonchev–Trinajstić information content (AvgIpc) is 2.80. The summed E-state index contributed by atoms with van der Waals surface area (Å²) in [5.41, 5.74) is 1.79. The minimum atomic E-state index is -0.305. The molecule has 0 saturated heterocycles. The van der Waals surface area contributed by atoms with Crippen LogP contribution in [-0.4, -0.2) is 25.1 Å². The number of amides is 1. The summed E-state index contributed by atoms with van der Waals surface area (Å²) in [7, 11) is 3.16. The molecule has 0 unspecified atom stereocenters. The van der Waals surface area contributed by atoms with Crippen LogP contribution in [0.3, 0.4) is 0 Å². The number of halogens is 1. The molecule has 3 aromatic carbocycles. The summed E-state index contributed by atoms with van der Waals surface area (Å²) in [6.45, 7) is 0. The molecule has 1 aromatic heterocycles. The Hall–Kier alpha value is -3.77. The molecule has 0 aliphatic heterocycles. The van der Waals surface area contributed by atoms with Crippen LogP contribution in [0.2, 0.25) is 5.02 Å². The van der Waals surface area contributed by atoms with Gasteiger partial charge in [-0.05, 0) is 47.9 Å². The van der Waals surface area contributed by atoms with Gasteiger partial charge in [-0.2, -0.15) is 0 Å². The van der Waals surface area contributed by atoms with Crippen molar-refractivity contribution >= 4 is 45.5 Å². The fourth-order valence-electron chi connectivity index (χ4n) is 3.25. The Kier molecular flexibility index (Phi) is 5.91. The lowest BCUT2D eigenvalue weighted by molar-refractivity contribution is 0.102. The lowest BCUT2D eigenvalue weighted by Gasteiger charge is -2.14. The third kappa shape index (κ3) is 4.39. The van der Waals surface area contributed by atoms with E-state index in [2.05, 4.69) is 15.6 Å². The van der Waals surface area contributed by atoms with Gasteiger partial charge < -0.3 is 20.1 Å². The van der Waals surface area contributed by atoms with Crippen LogP contribution >= 0.6 is 11.6 Å². The summed E-state index contributed by atoms with van der Waals surface area (Å²) < 4.78 is 10.5. The molecule has 0 radical (unpaired) electrons. The maximum atomic E-state index is 13.1. The maximum Gasteiger partial charge on any atom is 0.257 e. The van der Waals surface area contributed by atoms with E-state index >= 15 is 0 Å². The van der Waals surface area contributed by atoms with Gasteiger partial charge in [0.2, 0.25) is 0 Å². The monoisotopic (exact) mass is 433 g/mol. The number of nitrogens with zero attached hydrogens (tertiary/aromatic N) is 1. The lowest BCUT2D eigenvalue weighted by atomic mass is 10.1. The van der Waals surface area contributed by atoms with Crippen LogP contribution in [0.15, 0.2) is 72.9 Å². The zero-order valence-electron chi connectivity index (χ0n) is 17.0. The Morgan fingerprint density at radius 3 is 2.39 bits per heavy atom. The summed E-state index contributed by atoms with van der Waals surface area (Å²) in [6, 6.07) is 20.2. The standard InChI is InChI=1S/C24H20ClN3O3/c1-30-17-10-8-16(9-11-17)27-23-19-6-4-3-5-18(19)20(14-26-23)24(29)28-21-13-15(25)7-12-22(21)31-2/h3-14H,1-2H3,(H,26,27)(H,28,29). The Morgan fingerprint density at radius 2 is 1.68 bits per heavy atom. The number of anilines is 3. The number of ether oxygens (including phenoxy) is 2. The van der Waals surface area contributed by atoms with Crippen LogP contribution < -0.4 is 20.1 Å². The number of carbonyl (C=O) groups excluding carboxylic acids is 1. The molecular weight excluding hydrogens is 414 g/mol. The van der Waals surface area contributed by atoms with Crippen LogP contribution in [0.1, 0.15) is 10.4 Å². The molecule has 156 valence electrons. The molecule has 0 bridgehead atoms. The first-order valence-electron chi connectivity index (χ1n) is 9.53. The maximum absolute atomic E-state index is 13.1. The second kappa shape index (κ2) is 8.93. The topological polar surface area (TPSA) is 72.5 Å². The van der Waals surface area contributed by atoms with Gasteiger partial charge in [-0.1, -0.05) is 35.9 Å². The fraction of sp³-hybridized carbons (Fsp3) is 0.0833. The second-order valence-electron chi connectivity index (χ2n) is 6.72. The number of hydrogen-bond acceptors (Lipinski definition) is 5. The quantitative estimate of drug-likeness (QED) is 0.396. The van der Waals surface area contributed by atoms with Crippen molar-refractivity contribution in [3.8, 4) is 11.5 Å². The van der Waals surface area contributed by atoms with Crippen molar-refractivity contribution in [1.82, 2.24) is 4.98 Å². The number of fused-ring (bicyclic) bond motifs is 1. The van der Waals surface area contributed by atoms with Gasteiger partial charge in [0, 0.05) is 22.3 Å². The van der Waals surface area contributed by atoms with E-state index in [0.717, 1.165) is 22.2 Å². The zero-order valence-corrected chi connectivity index (χ0v) is 17.7. The van der Waals surface area contributed by atoms with E-state index in [4.69, 9.17) is 21.1 Å². The number of aromatic nitrogens is 1. The summed E-state index contributed by atoms with van der Waals surface area (Å²) in [4.78, 5) is 17.6. The van der Waals surface area contributed by atoms with Crippen molar-refractivity contribution in [2.24, 2.45) is 0 Å². The second-order valence-corrected chi connectivity index (χ2v) is 7.15. The van der Waals surface area contributed by atoms with E-state index < -0.39 is 0 Å². The largest absolute Gasteiger partial charge is 0.497 e. The van der Waals surface area contributed by atoms with Gasteiger partial charge in [0.1, 0.15) is 17.3 Å².